The number of para-hydroxylation sites is 1. The highest BCUT2D eigenvalue weighted by Gasteiger charge is 2.26. The molecule has 1 aliphatic heterocycles. The van der Waals surface area contributed by atoms with E-state index in [1.807, 2.05) is 6.07 Å². The summed E-state index contributed by atoms with van der Waals surface area (Å²) in [5.41, 5.74) is 0.377. The van der Waals surface area contributed by atoms with E-state index in [4.69, 9.17) is 10.00 Å². The van der Waals surface area contributed by atoms with Gasteiger partial charge in [0, 0.05) is 13.1 Å². The zero-order valence-corrected chi connectivity index (χ0v) is 15.5. The lowest BCUT2D eigenvalue weighted by Crippen LogP contribution is -2.35. The van der Waals surface area contributed by atoms with E-state index in [0.29, 0.717) is 24.5 Å². The first-order valence-electron chi connectivity index (χ1n) is 8.66. The van der Waals surface area contributed by atoms with Gasteiger partial charge in [0.05, 0.1) is 10.6 Å². The monoisotopic (exact) mass is 384 g/mol. The van der Waals surface area contributed by atoms with E-state index in [9.17, 15) is 8.42 Å². The third-order valence-corrected chi connectivity index (χ3v) is 6.02. The fraction of sp³-hybridized carbons (Fsp3) is 0.263. The summed E-state index contributed by atoms with van der Waals surface area (Å²) in [5, 5.41) is 11.3. The van der Waals surface area contributed by atoms with Crippen molar-refractivity contribution < 1.29 is 13.2 Å². The molecule has 140 valence electrons. The van der Waals surface area contributed by atoms with Gasteiger partial charge in [0.25, 0.3) is 0 Å². The molecular weight excluding hydrogens is 364 g/mol. The predicted molar refractivity (Wildman–Crippen MR) is 102 cm³/mol. The molecule has 1 saturated heterocycles. The van der Waals surface area contributed by atoms with Gasteiger partial charge in [-0.05, 0) is 43.2 Å². The number of rotatable bonds is 4. The van der Waals surface area contributed by atoms with Crippen LogP contribution in [-0.2, 0) is 10.0 Å². The van der Waals surface area contributed by atoms with Crippen molar-refractivity contribution in [3.63, 3.8) is 0 Å². The van der Waals surface area contributed by atoms with Crippen LogP contribution in [0.1, 0.15) is 19.3 Å². The Kier molecular flexibility index (Phi) is 6.06. The lowest BCUT2D eigenvalue weighted by Gasteiger charge is -2.25. The van der Waals surface area contributed by atoms with Crippen LogP contribution >= 0.6 is 0 Å². The third kappa shape index (κ3) is 4.84. The molecule has 27 heavy (non-hydrogen) atoms. The van der Waals surface area contributed by atoms with Crippen molar-refractivity contribution in [3.05, 3.63) is 54.6 Å². The Balaban J connectivity index is 1.86. The Morgan fingerprint density at radius 2 is 1.81 bits per heavy atom. The van der Waals surface area contributed by atoms with Crippen LogP contribution in [0.2, 0.25) is 0 Å². The maximum Gasteiger partial charge on any atom is 0.309 e. The van der Waals surface area contributed by atoms with E-state index in [1.54, 1.807) is 48.7 Å². The highest BCUT2D eigenvalue weighted by Crippen LogP contribution is 2.24. The Hall–Kier alpha value is -2.89. The largest absolute Gasteiger partial charge is 0.425 e. The van der Waals surface area contributed by atoms with E-state index in [2.05, 4.69) is 10.3 Å². The molecule has 7 nitrogen and oxygen atoms in total. The number of hydrogen-bond acceptors (Lipinski definition) is 5. The smallest absolute Gasteiger partial charge is 0.309 e. The Bertz CT molecular complexity index is 946. The third-order valence-electron chi connectivity index (χ3n) is 4.12. The number of nitriles is 1. The molecule has 1 N–H and O–H groups in total. The normalized spacial score (nSPS) is 15.7. The average molecular weight is 384 g/mol. The van der Waals surface area contributed by atoms with Gasteiger partial charge in [-0.15, -0.1) is 0 Å². The lowest BCUT2D eigenvalue weighted by molar-refractivity contribution is 0.346. The Morgan fingerprint density at radius 1 is 1.07 bits per heavy atom. The number of amidine groups is 1. The molecule has 1 fully saturated rings. The van der Waals surface area contributed by atoms with Gasteiger partial charge in [-0.25, -0.2) is 13.7 Å². The van der Waals surface area contributed by atoms with Crippen LogP contribution in [0.15, 0.2) is 64.5 Å². The van der Waals surface area contributed by atoms with E-state index >= 15 is 0 Å². The molecule has 1 heterocycles. The maximum absolute atomic E-state index is 12.8. The summed E-state index contributed by atoms with van der Waals surface area (Å²) in [7, 11) is -3.55. The highest BCUT2D eigenvalue weighted by atomic mass is 32.2. The van der Waals surface area contributed by atoms with Crippen molar-refractivity contribution in [2.24, 2.45) is 4.99 Å². The van der Waals surface area contributed by atoms with Gasteiger partial charge in [0.15, 0.2) is 6.19 Å². The molecule has 3 rings (SSSR count). The molecule has 2 aromatic rings. The summed E-state index contributed by atoms with van der Waals surface area (Å²) in [6.45, 7) is 1.07. The zero-order chi connectivity index (χ0) is 19.1. The van der Waals surface area contributed by atoms with Crippen LogP contribution in [0.4, 0.5) is 5.69 Å². The maximum atomic E-state index is 12.8. The molecule has 0 amide bonds. The van der Waals surface area contributed by atoms with Crippen molar-refractivity contribution in [1.29, 1.82) is 5.26 Å². The topological polar surface area (TPSA) is 94.8 Å². The van der Waals surface area contributed by atoms with Crippen LogP contribution in [0.5, 0.6) is 5.75 Å². The van der Waals surface area contributed by atoms with Crippen molar-refractivity contribution in [3.8, 4) is 11.9 Å². The molecule has 0 radical (unpaired) electrons. The van der Waals surface area contributed by atoms with E-state index < -0.39 is 10.0 Å². The second kappa shape index (κ2) is 8.66. The van der Waals surface area contributed by atoms with Crippen LogP contribution in [0.25, 0.3) is 0 Å². The summed E-state index contributed by atoms with van der Waals surface area (Å²) in [6, 6.07) is 15.2. The quantitative estimate of drug-likeness (QED) is 0.378. The molecule has 0 aromatic heterocycles. The first kappa shape index (κ1) is 18.9. The molecule has 8 heteroatoms. The van der Waals surface area contributed by atoms with Crippen molar-refractivity contribution in [2.75, 3.05) is 13.1 Å². The van der Waals surface area contributed by atoms with Gasteiger partial charge >= 0.3 is 6.02 Å². The Morgan fingerprint density at radius 3 is 2.52 bits per heavy atom. The van der Waals surface area contributed by atoms with Crippen LogP contribution in [0, 0.1) is 11.5 Å². The number of nitrogens with zero attached hydrogens (tertiary/aromatic N) is 3. The predicted octanol–water partition coefficient (Wildman–Crippen LogP) is 3.00. The number of aliphatic imine (C=N–C) groups is 1. The minimum atomic E-state index is -3.55. The number of ether oxygens (including phenoxy) is 1. The summed E-state index contributed by atoms with van der Waals surface area (Å²) in [4.78, 5) is 4.42. The second-order valence-corrected chi connectivity index (χ2v) is 7.97. The lowest BCUT2D eigenvalue weighted by atomic mass is 10.2. The fourth-order valence-electron chi connectivity index (χ4n) is 2.81. The molecule has 0 unspecified atom stereocenters. The standard InChI is InChI=1S/C19H20N4O3S/c20-15-21-19(26-17-9-3-1-4-10-17)22-16-8-7-11-18(14-16)27(24,25)23-12-5-2-6-13-23/h1,3-4,7-11,14H,2,5-6,12-13H2,(H,21,22). The molecule has 0 saturated carbocycles. The molecule has 1 aliphatic rings. The summed E-state index contributed by atoms with van der Waals surface area (Å²) in [6.07, 6.45) is 4.57. The minimum Gasteiger partial charge on any atom is -0.425 e. The van der Waals surface area contributed by atoms with Crippen LogP contribution in [-0.4, -0.2) is 31.8 Å². The molecular formula is C19H20N4O3S. The highest BCUT2D eigenvalue weighted by molar-refractivity contribution is 7.89. The summed E-state index contributed by atoms with van der Waals surface area (Å²) >= 11 is 0. The number of sulfonamides is 1. The fourth-order valence-corrected chi connectivity index (χ4v) is 4.37. The van der Waals surface area contributed by atoms with Gasteiger partial charge in [-0.2, -0.15) is 14.6 Å². The number of hydrogen-bond donors (Lipinski definition) is 1. The number of benzene rings is 2. The summed E-state index contributed by atoms with van der Waals surface area (Å²) < 4.78 is 32.7. The van der Waals surface area contributed by atoms with E-state index in [-0.39, 0.29) is 10.9 Å². The molecule has 0 bridgehead atoms. The number of piperidine rings is 1. The van der Waals surface area contributed by atoms with Crippen LogP contribution in [0.3, 0.4) is 0 Å². The first-order valence-corrected chi connectivity index (χ1v) is 10.1. The van der Waals surface area contributed by atoms with Gasteiger partial charge in [0.2, 0.25) is 10.0 Å². The SMILES string of the molecule is N#CNC(=Nc1cccc(S(=O)(=O)N2CCCCC2)c1)Oc1ccccc1. The second-order valence-electron chi connectivity index (χ2n) is 6.03. The molecule has 2 aromatic carbocycles. The van der Waals surface area contributed by atoms with Gasteiger partial charge in [0.1, 0.15) is 5.75 Å². The van der Waals surface area contributed by atoms with Gasteiger partial charge in [-0.1, -0.05) is 30.7 Å². The molecule has 0 aliphatic carbocycles. The van der Waals surface area contributed by atoms with E-state index in [1.165, 1.54) is 10.4 Å². The van der Waals surface area contributed by atoms with Gasteiger partial charge < -0.3 is 4.74 Å². The molecule has 0 atom stereocenters. The minimum absolute atomic E-state index is 0.0313. The summed E-state index contributed by atoms with van der Waals surface area (Å²) in [5.74, 6) is 0.510. The van der Waals surface area contributed by atoms with Crippen molar-refractivity contribution >= 4 is 21.7 Å². The first-order chi connectivity index (χ1) is 13.1. The molecule has 0 spiro atoms. The average Bonchev–Trinajstić information content (AvgIpc) is 2.70. The van der Waals surface area contributed by atoms with Crippen molar-refractivity contribution in [1.82, 2.24) is 9.62 Å². The van der Waals surface area contributed by atoms with Crippen LogP contribution < -0.4 is 10.1 Å². The zero-order valence-electron chi connectivity index (χ0n) is 14.7. The van der Waals surface area contributed by atoms with E-state index in [0.717, 1.165) is 19.3 Å². The number of nitrogens with one attached hydrogen (secondary N) is 1. The van der Waals surface area contributed by atoms with Gasteiger partial charge in [-0.3, -0.25) is 0 Å². The van der Waals surface area contributed by atoms with Crippen molar-refractivity contribution in [2.45, 2.75) is 24.2 Å². The Labute approximate surface area is 159 Å².